The molecule has 0 spiro atoms. The van der Waals surface area contributed by atoms with E-state index in [9.17, 15) is 0 Å². The number of hydrogen-bond acceptors (Lipinski definition) is 6. The average Bonchev–Trinajstić information content (AvgIpc) is 3.10. The van der Waals surface area contributed by atoms with E-state index in [0.29, 0.717) is 6.54 Å². The van der Waals surface area contributed by atoms with E-state index in [1.807, 2.05) is 4.57 Å². The monoisotopic (exact) mass is 322 g/mol. The Morgan fingerprint density at radius 2 is 2.19 bits per heavy atom. The molecule has 0 saturated heterocycles. The van der Waals surface area contributed by atoms with Crippen LogP contribution >= 0.6 is 22.9 Å². The molecule has 0 aromatic carbocycles. The van der Waals surface area contributed by atoms with Crippen LogP contribution in [0.15, 0.2) is 12.4 Å². The molecule has 0 aliphatic heterocycles. The van der Waals surface area contributed by atoms with E-state index >= 15 is 0 Å². The van der Waals surface area contributed by atoms with Crippen molar-refractivity contribution in [1.82, 2.24) is 24.7 Å². The third-order valence-corrected chi connectivity index (χ3v) is 4.56. The Hall–Kier alpha value is -1.73. The summed E-state index contributed by atoms with van der Waals surface area (Å²) in [5, 5.41) is 12.6. The summed E-state index contributed by atoms with van der Waals surface area (Å²) >= 11 is 7.65. The van der Waals surface area contributed by atoms with Gasteiger partial charge >= 0.3 is 0 Å². The molecule has 110 valence electrons. The van der Waals surface area contributed by atoms with Gasteiger partial charge in [-0.3, -0.25) is 0 Å². The molecule has 3 aromatic heterocycles. The maximum Gasteiger partial charge on any atom is 0.225 e. The van der Waals surface area contributed by atoms with Crippen molar-refractivity contribution in [3.05, 3.63) is 28.4 Å². The molecule has 0 radical (unpaired) electrons. The van der Waals surface area contributed by atoms with E-state index < -0.39 is 0 Å². The molecular weight excluding hydrogens is 308 g/mol. The van der Waals surface area contributed by atoms with Gasteiger partial charge in [-0.2, -0.15) is 0 Å². The summed E-state index contributed by atoms with van der Waals surface area (Å²) in [6.07, 6.45) is 2.70. The number of hydrogen-bond donors (Lipinski definition) is 1. The highest BCUT2D eigenvalue weighted by Gasteiger charge is 2.11. The average molecular weight is 323 g/mol. The minimum absolute atomic E-state index is 0.256. The van der Waals surface area contributed by atoms with Crippen LogP contribution in [0, 0.1) is 0 Å². The van der Waals surface area contributed by atoms with Gasteiger partial charge in [-0.25, -0.2) is 9.97 Å². The van der Waals surface area contributed by atoms with E-state index in [-0.39, 0.29) is 5.28 Å². The van der Waals surface area contributed by atoms with Gasteiger partial charge in [0.1, 0.15) is 17.0 Å². The fraction of sp³-hybridized carbons (Fsp3) is 0.385. The van der Waals surface area contributed by atoms with Crippen LogP contribution in [0.2, 0.25) is 5.28 Å². The fourth-order valence-electron chi connectivity index (χ4n) is 2.10. The lowest BCUT2D eigenvalue weighted by Gasteiger charge is -2.07. The van der Waals surface area contributed by atoms with Crippen molar-refractivity contribution in [2.75, 3.05) is 5.32 Å². The molecule has 6 nitrogen and oxygen atoms in total. The summed E-state index contributed by atoms with van der Waals surface area (Å²) < 4.78 is 1.98. The summed E-state index contributed by atoms with van der Waals surface area (Å²) in [6, 6.07) is 2.11. The second kappa shape index (κ2) is 5.95. The van der Waals surface area contributed by atoms with Crippen molar-refractivity contribution >= 4 is 39.0 Å². The first-order valence-corrected chi connectivity index (χ1v) is 7.97. The molecule has 8 heteroatoms. The standard InChI is InChI=1S/C13H15ClN6S/c1-3-8-5-9-11(17-13(14)18-12(9)21-8)15-6-10-19-16-7-20(10)4-2/h5,7H,3-4,6H2,1-2H3,(H,15,17,18). The normalized spacial score (nSPS) is 11.2. The molecule has 0 bridgehead atoms. The van der Waals surface area contributed by atoms with Crippen molar-refractivity contribution in [3.8, 4) is 0 Å². The molecule has 3 aromatic rings. The number of nitrogens with zero attached hydrogens (tertiary/aromatic N) is 5. The second-order valence-corrected chi connectivity index (χ2v) is 5.97. The molecular formula is C13H15ClN6S. The number of thiophene rings is 1. The summed E-state index contributed by atoms with van der Waals surface area (Å²) in [6.45, 7) is 5.56. The van der Waals surface area contributed by atoms with Gasteiger partial charge in [0.15, 0.2) is 5.82 Å². The lowest BCUT2D eigenvalue weighted by molar-refractivity contribution is 0.707. The van der Waals surface area contributed by atoms with Crippen LogP contribution in [0.3, 0.4) is 0 Å². The minimum atomic E-state index is 0.256. The number of nitrogens with one attached hydrogen (secondary N) is 1. The SMILES string of the molecule is CCc1cc2c(NCc3nncn3CC)nc(Cl)nc2s1. The van der Waals surface area contributed by atoms with Crippen molar-refractivity contribution < 1.29 is 0 Å². The minimum Gasteiger partial charge on any atom is -0.362 e. The Morgan fingerprint density at radius 1 is 1.33 bits per heavy atom. The molecule has 1 N–H and O–H groups in total. The van der Waals surface area contributed by atoms with Crippen LogP contribution in [0.5, 0.6) is 0 Å². The van der Waals surface area contributed by atoms with Crippen molar-refractivity contribution in [1.29, 1.82) is 0 Å². The molecule has 21 heavy (non-hydrogen) atoms. The van der Waals surface area contributed by atoms with Gasteiger partial charge in [-0.1, -0.05) is 6.92 Å². The lowest BCUT2D eigenvalue weighted by atomic mass is 10.3. The smallest absolute Gasteiger partial charge is 0.225 e. The first-order valence-electron chi connectivity index (χ1n) is 6.77. The Balaban J connectivity index is 1.91. The van der Waals surface area contributed by atoms with E-state index in [2.05, 4.69) is 45.4 Å². The van der Waals surface area contributed by atoms with E-state index in [1.165, 1.54) is 4.88 Å². The third kappa shape index (κ3) is 2.84. The number of rotatable bonds is 5. The Bertz CT molecular complexity index is 765. The summed E-state index contributed by atoms with van der Waals surface area (Å²) in [4.78, 5) is 10.8. The zero-order valence-corrected chi connectivity index (χ0v) is 13.4. The molecule has 3 heterocycles. The highest BCUT2D eigenvalue weighted by Crippen LogP contribution is 2.30. The third-order valence-electron chi connectivity index (χ3n) is 3.22. The van der Waals surface area contributed by atoms with Gasteiger partial charge in [0.25, 0.3) is 0 Å². The predicted octanol–water partition coefficient (Wildman–Crippen LogP) is 3.13. The lowest BCUT2D eigenvalue weighted by Crippen LogP contribution is -2.08. The molecule has 0 amide bonds. The maximum atomic E-state index is 6.01. The van der Waals surface area contributed by atoms with Gasteiger partial charge in [0.2, 0.25) is 5.28 Å². The molecule has 0 fully saturated rings. The molecule has 0 unspecified atom stereocenters. The molecule has 0 aliphatic carbocycles. The van der Waals surface area contributed by atoms with Crippen molar-refractivity contribution in [3.63, 3.8) is 0 Å². The van der Waals surface area contributed by atoms with Crippen LogP contribution in [0.25, 0.3) is 10.2 Å². The van der Waals surface area contributed by atoms with Crippen LogP contribution in [-0.2, 0) is 19.5 Å². The van der Waals surface area contributed by atoms with Crippen LogP contribution < -0.4 is 5.32 Å². The molecule has 0 atom stereocenters. The highest BCUT2D eigenvalue weighted by atomic mass is 35.5. The Labute approximate surface area is 131 Å². The fourth-order valence-corrected chi connectivity index (χ4v) is 3.28. The van der Waals surface area contributed by atoms with Crippen molar-refractivity contribution in [2.24, 2.45) is 0 Å². The summed E-state index contributed by atoms with van der Waals surface area (Å²) in [5.41, 5.74) is 0. The first-order chi connectivity index (χ1) is 10.2. The number of anilines is 1. The van der Waals surface area contributed by atoms with Crippen LogP contribution in [-0.4, -0.2) is 24.7 Å². The molecule has 0 saturated carbocycles. The molecule has 3 rings (SSSR count). The number of halogens is 1. The van der Waals surface area contributed by atoms with E-state index in [0.717, 1.165) is 34.8 Å². The maximum absolute atomic E-state index is 6.01. The largest absolute Gasteiger partial charge is 0.362 e. The topological polar surface area (TPSA) is 68.5 Å². The highest BCUT2D eigenvalue weighted by molar-refractivity contribution is 7.18. The van der Waals surface area contributed by atoms with Crippen LogP contribution in [0.1, 0.15) is 24.5 Å². The van der Waals surface area contributed by atoms with E-state index in [1.54, 1.807) is 17.7 Å². The quantitative estimate of drug-likeness (QED) is 0.731. The number of aryl methyl sites for hydroxylation is 2. The zero-order chi connectivity index (χ0) is 14.8. The zero-order valence-electron chi connectivity index (χ0n) is 11.8. The number of aromatic nitrogens is 5. The summed E-state index contributed by atoms with van der Waals surface area (Å²) in [7, 11) is 0. The van der Waals surface area contributed by atoms with Gasteiger partial charge in [0.05, 0.1) is 11.9 Å². The van der Waals surface area contributed by atoms with Gasteiger partial charge < -0.3 is 9.88 Å². The van der Waals surface area contributed by atoms with Gasteiger partial charge in [0, 0.05) is 11.4 Å². The Morgan fingerprint density at radius 3 is 2.95 bits per heavy atom. The van der Waals surface area contributed by atoms with E-state index in [4.69, 9.17) is 11.6 Å². The van der Waals surface area contributed by atoms with Crippen molar-refractivity contribution in [2.45, 2.75) is 33.4 Å². The van der Waals surface area contributed by atoms with Gasteiger partial charge in [-0.05, 0) is 31.0 Å². The summed E-state index contributed by atoms with van der Waals surface area (Å²) in [5.74, 6) is 1.61. The van der Waals surface area contributed by atoms with Gasteiger partial charge in [-0.15, -0.1) is 21.5 Å². The van der Waals surface area contributed by atoms with Crippen LogP contribution in [0.4, 0.5) is 5.82 Å². The first kappa shape index (κ1) is 14.2. The second-order valence-electron chi connectivity index (χ2n) is 4.51. The predicted molar refractivity (Wildman–Crippen MR) is 84.8 cm³/mol. The number of fused-ring (bicyclic) bond motifs is 1. The Kier molecular flexibility index (Phi) is 4.03. The molecule has 0 aliphatic rings.